The molecule has 55 heavy (non-hydrogen) atoms. The molecule has 11 atom stereocenters. The Balaban J connectivity index is 1.07. The average molecular weight is 846 g/mol. The van der Waals surface area contributed by atoms with E-state index in [2.05, 4.69) is 38.1 Å². The topological polar surface area (TPSA) is 333 Å². The molecular formula is C25H37FN10O16P3+. The number of hydrogen-bond acceptors (Lipinski definition) is 19. The number of aryl methyl sites for hydroxylation is 1. The summed E-state index contributed by atoms with van der Waals surface area (Å²) >= 11 is 0. The van der Waals surface area contributed by atoms with Gasteiger partial charge in [-0.1, -0.05) is 4.98 Å². The Morgan fingerprint density at radius 3 is 2.25 bits per heavy atom. The van der Waals surface area contributed by atoms with Gasteiger partial charge in [-0.3, -0.25) is 28.0 Å². The molecule has 6 rings (SSSR count). The second-order valence-corrected chi connectivity index (χ2v) is 16.9. The van der Waals surface area contributed by atoms with Crippen LogP contribution in [0.5, 0.6) is 0 Å². The molecule has 7 N–H and O–H groups in total. The van der Waals surface area contributed by atoms with Gasteiger partial charge in [0.15, 0.2) is 30.2 Å². The molecule has 6 heterocycles. The fourth-order valence-corrected chi connectivity index (χ4v) is 9.54. The van der Waals surface area contributed by atoms with Gasteiger partial charge in [-0.15, -0.1) is 0 Å². The lowest BCUT2D eigenvalue weighted by molar-refractivity contribution is -0.744. The van der Waals surface area contributed by atoms with Gasteiger partial charge in [0, 0.05) is 28.3 Å². The molecule has 26 nitrogen and oxygen atoms in total. The molecule has 2 fully saturated rings. The number of anilines is 2. The number of phosphoric acid groups is 3. The van der Waals surface area contributed by atoms with Crippen molar-refractivity contribution in [3.8, 4) is 0 Å². The molecule has 2 aliphatic heterocycles. The quantitative estimate of drug-likeness (QED) is 0.0613. The molecule has 0 bridgehead atoms. The molecule has 2 aliphatic rings. The number of phosphoric ester groups is 2. The van der Waals surface area contributed by atoms with Gasteiger partial charge in [0.05, 0.1) is 26.6 Å². The lowest BCUT2D eigenvalue weighted by atomic mass is 10.1. The number of aromatic amines is 1. The van der Waals surface area contributed by atoms with Crippen LogP contribution in [0, 0.1) is 0 Å². The summed E-state index contributed by atoms with van der Waals surface area (Å²) in [6, 6.07) is 0. The monoisotopic (exact) mass is 845 g/mol. The number of aliphatic hydroxyl groups excluding tert-OH is 1. The minimum absolute atomic E-state index is 0.0235. The molecular weight excluding hydrogens is 808 g/mol. The SMILES string of the molecule is COC1[C@@H](COP(=O)(O)OP(=O)(O)OP(=O)(O)OC[C@H]2O[C@@H]([n+]3cn(C)c4c(=O)[nH]c(N(C)C)nc43)C(F)[C@H]2O)O[C@@H](n2cnc3c(N)ncnc32)[C@H]1OC. The number of H-pyrrole nitrogens is 1. The maximum Gasteiger partial charge on any atom is 0.490 e. The lowest BCUT2D eigenvalue weighted by Gasteiger charge is -2.22. The predicted octanol–water partition coefficient (Wildman–Crippen LogP) is -1.07. The Kier molecular flexibility index (Phi) is 11.7. The molecule has 0 spiro atoms. The van der Waals surface area contributed by atoms with Gasteiger partial charge in [-0.2, -0.15) is 8.62 Å². The highest BCUT2D eigenvalue weighted by Gasteiger charge is 2.51. The van der Waals surface area contributed by atoms with Crippen LogP contribution in [0.1, 0.15) is 12.5 Å². The number of hydrogen-bond donors (Lipinski definition) is 6. The fourth-order valence-electron chi connectivity index (χ4n) is 6.02. The van der Waals surface area contributed by atoms with Crippen molar-refractivity contribution in [2.45, 2.75) is 49.1 Å². The third-order valence-corrected chi connectivity index (χ3v) is 12.7. The maximum absolute atomic E-state index is 15.4. The van der Waals surface area contributed by atoms with Crippen LogP contribution in [0.3, 0.4) is 0 Å². The number of nitrogens with one attached hydrogen (secondary N) is 1. The number of nitrogens with two attached hydrogens (primary N) is 1. The number of rotatable bonds is 15. The molecule has 0 radical (unpaired) electrons. The average Bonchev–Trinajstić information content (AvgIpc) is 3.84. The number of imidazole rings is 2. The Labute approximate surface area is 308 Å². The van der Waals surface area contributed by atoms with Crippen molar-refractivity contribution in [1.29, 1.82) is 0 Å². The number of nitrogen functional groups attached to an aromatic ring is 1. The summed E-state index contributed by atoms with van der Waals surface area (Å²) in [7, 11) is -9.90. The van der Waals surface area contributed by atoms with Crippen LogP contribution in [-0.4, -0.2) is 132 Å². The van der Waals surface area contributed by atoms with Crippen molar-refractivity contribution in [3.63, 3.8) is 0 Å². The molecule has 0 aromatic carbocycles. The molecule has 2 saturated heterocycles. The largest absolute Gasteiger partial charge is 0.490 e. The smallest absolute Gasteiger partial charge is 0.387 e. The normalized spacial score (nSPS) is 29.1. The van der Waals surface area contributed by atoms with E-state index in [1.165, 1.54) is 54.3 Å². The Bertz CT molecular complexity index is 2260. The van der Waals surface area contributed by atoms with Gasteiger partial charge in [0.2, 0.25) is 11.7 Å². The zero-order chi connectivity index (χ0) is 40.2. The molecule has 4 aromatic heterocycles. The van der Waals surface area contributed by atoms with Crippen molar-refractivity contribution >= 4 is 57.6 Å². The van der Waals surface area contributed by atoms with E-state index in [1.807, 2.05) is 0 Å². The summed E-state index contributed by atoms with van der Waals surface area (Å²) in [5.41, 5.74) is 5.83. The Morgan fingerprint density at radius 1 is 1.00 bits per heavy atom. The van der Waals surface area contributed by atoms with Gasteiger partial charge < -0.3 is 49.4 Å². The van der Waals surface area contributed by atoms with E-state index in [1.54, 1.807) is 14.1 Å². The van der Waals surface area contributed by atoms with Gasteiger partial charge in [0.25, 0.3) is 11.5 Å². The highest BCUT2D eigenvalue weighted by atomic mass is 31.3. The van der Waals surface area contributed by atoms with Crippen LogP contribution >= 0.6 is 23.5 Å². The van der Waals surface area contributed by atoms with Gasteiger partial charge >= 0.3 is 29.1 Å². The summed E-state index contributed by atoms with van der Waals surface area (Å²) in [4.78, 5) is 63.7. The van der Waals surface area contributed by atoms with Crippen LogP contribution in [0.2, 0.25) is 0 Å². The molecule has 0 aliphatic carbocycles. The number of alkyl halides is 1. The van der Waals surface area contributed by atoms with Crippen molar-refractivity contribution < 1.29 is 79.1 Å². The summed E-state index contributed by atoms with van der Waals surface area (Å²) in [5, 5.41) is 10.5. The van der Waals surface area contributed by atoms with Gasteiger partial charge in [-0.05, 0) is 0 Å². The number of aliphatic hydroxyl groups is 1. The van der Waals surface area contributed by atoms with Crippen molar-refractivity contribution in [2.75, 3.05) is 52.2 Å². The number of fused-ring (bicyclic) bond motifs is 2. The van der Waals surface area contributed by atoms with E-state index in [4.69, 9.17) is 29.2 Å². The first-order valence-electron chi connectivity index (χ1n) is 15.8. The summed E-state index contributed by atoms with van der Waals surface area (Å²) in [6.07, 6.45) is -7.71. The third kappa shape index (κ3) is 8.37. The molecule has 5 unspecified atom stereocenters. The molecule has 0 amide bonds. The summed E-state index contributed by atoms with van der Waals surface area (Å²) in [5.74, 6) is 0.212. The second-order valence-electron chi connectivity index (χ2n) is 12.3. The number of aromatic nitrogens is 8. The third-order valence-electron chi connectivity index (χ3n) is 8.46. The highest BCUT2D eigenvalue weighted by molar-refractivity contribution is 7.66. The van der Waals surface area contributed by atoms with E-state index < -0.39 is 91.4 Å². The van der Waals surface area contributed by atoms with E-state index >= 15 is 4.39 Å². The number of ether oxygens (including phenoxy) is 4. The molecule has 30 heteroatoms. The number of methoxy groups -OCH3 is 2. The van der Waals surface area contributed by atoms with Crippen LogP contribution in [-0.2, 0) is 57.4 Å². The van der Waals surface area contributed by atoms with E-state index in [-0.39, 0.29) is 34.1 Å². The zero-order valence-corrected chi connectivity index (χ0v) is 32.0. The lowest BCUT2D eigenvalue weighted by Crippen LogP contribution is -2.44. The number of nitrogens with zero attached hydrogens (tertiary/aromatic N) is 8. The highest BCUT2D eigenvalue weighted by Crippen LogP contribution is 2.68. The molecule has 0 saturated carbocycles. The number of halogens is 1. The van der Waals surface area contributed by atoms with E-state index in [0.717, 1.165) is 4.57 Å². The minimum Gasteiger partial charge on any atom is -0.387 e. The first kappa shape index (κ1) is 41.3. The van der Waals surface area contributed by atoms with E-state index in [0.29, 0.717) is 0 Å². The fraction of sp³-hybridized carbons (Fsp3) is 0.600. The molecule has 304 valence electrons. The zero-order valence-electron chi connectivity index (χ0n) is 29.3. The van der Waals surface area contributed by atoms with Crippen LogP contribution in [0.15, 0.2) is 23.8 Å². The van der Waals surface area contributed by atoms with Crippen LogP contribution < -0.4 is 20.8 Å². The standard InChI is InChI=1S/C25H36FN10O16P3/c1-33(2)25-31-21-15(22(38)32-25)34(3)10-36(21)23-13(26)16(37)11(49-23)6-47-53(39,40)51-55(43,44)52-54(41,42)48-7-12-17(45-4)18(46-5)24(50-12)35-9-30-14-19(27)28-8-29-20(14)35/h8-13,16-18,23-24,37H,6-7H2,1-5H3,(H5-,27,28,29,31,32,38,39,40,41,42,43,44)/p+1/t11-,12-,13?,16+,17?,18+,23-,24-/m1/s1. The maximum atomic E-state index is 15.4. The van der Waals surface area contributed by atoms with Crippen molar-refractivity contribution in [1.82, 2.24) is 34.1 Å². The summed E-state index contributed by atoms with van der Waals surface area (Å²) < 4.78 is 97.5. The van der Waals surface area contributed by atoms with Crippen molar-refractivity contribution in [3.05, 3.63) is 29.3 Å². The van der Waals surface area contributed by atoms with E-state index in [9.17, 15) is 38.3 Å². The van der Waals surface area contributed by atoms with Gasteiger partial charge in [0.1, 0.15) is 42.4 Å². The first-order chi connectivity index (χ1) is 25.8. The first-order valence-corrected chi connectivity index (χ1v) is 20.2. The summed E-state index contributed by atoms with van der Waals surface area (Å²) in [6.45, 7) is -1.93. The van der Waals surface area contributed by atoms with Gasteiger partial charge in [-0.25, -0.2) is 37.6 Å². The van der Waals surface area contributed by atoms with Crippen molar-refractivity contribution in [2.24, 2.45) is 7.05 Å². The minimum atomic E-state index is -5.95. The second kappa shape index (κ2) is 15.5. The van der Waals surface area contributed by atoms with Crippen LogP contribution in [0.4, 0.5) is 16.2 Å². The predicted molar refractivity (Wildman–Crippen MR) is 179 cm³/mol. The Morgan fingerprint density at radius 2 is 1.64 bits per heavy atom. The Hall–Kier alpha value is -3.36. The van der Waals surface area contributed by atoms with Crippen LogP contribution in [0.25, 0.3) is 22.3 Å². The molecule has 4 aromatic rings.